The number of carbonyl (C=O) groups is 2. The zero-order valence-corrected chi connectivity index (χ0v) is 10.5. The van der Waals surface area contributed by atoms with Gasteiger partial charge in [-0.15, -0.1) is 0 Å². The Hall–Kier alpha value is -1.82. The van der Waals surface area contributed by atoms with Crippen LogP contribution in [0.5, 0.6) is 0 Å². The van der Waals surface area contributed by atoms with E-state index in [1.54, 1.807) is 6.92 Å². The average Bonchev–Trinajstić information content (AvgIpc) is 2.62. The molecular weight excluding hydrogens is 255 g/mol. The van der Waals surface area contributed by atoms with Gasteiger partial charge in [-0.1, -0.05) is 0 Å². The molecule has 0 saturated carbocycles. The topological polar surface area (TPSA) is 49.4 Å². The maximum absolute atomic E-state index is 12.9. The molecule has 4 nitrogen and oxygen atoms in total. The molecule has 0 unspecified atom stereocenters. The standard InChI is InChI=1S/C12H11FN2O2S/c1-7-6-8(13)2-3-9(7)14-12(18)15-10(16)4-5-11(15)17/h2-3,6H,4-5H2,1H3,(H,14,18). The first-order valence-corrected chi connectivity index (χ1v) is 5.83. The van der Waals surface area contributed by atoms with Crippen LogP contribution in [-0.4, -0.2) is 21.8 Å². The van der Waals surface area contributed by atoms with E-state index in [9.17, 15) is 14.0 Å². The van der Waals surface area contributed by atoms with Crippen LogP contribution >= 0.6 is 12.2 Å². The number of nitrogens with one attached hydrogen (secondary N) is 1. The molecule has 6 heteroatoms. The number of benzene rings is 1. The summed E-state index contributed by atoms with van der Waals surface area (Å²) in [5, 5.41) is 2.83. The molecule has 1 aliphatic heterocycles. The molecule has 0 aliphatic carbocycles. The van der Waals surface area contributed by atoms with Gasteiger partial charge in [0, 0.05) is 18.5 Å². The summed E-state index contributed by atoms with van der Waals surface area (Å²) >= 11 is 5.02. The molecule has 2 rings (SSSR count). The zero-order valence-electron chi connectivity index (χ0n) is 9.70. The Labute approximate surface area is 109 Å². The summed E-state index contributed by atoms with van der Waals surface area (Å²) in [6, 6.07) is 4.14. The van der Waals surface area contributed by atoms with Gasteiger partial charge in [-0.05, 0) is 42.9 Å². The molecule has 2 amide bonds. The number of carbonyl (C=O) groups excluding carboxylic acids is 2. The minimum absolute atomic E-state index is 0.0391. The van der Waals surface area contributed by atoms with Crippen LogP contribution in [-0.2, 0) is 9.59 Å². The highest BCUT2D eigenvalue weighted by atomic mass is 32.1. The van der Waals surface area contributed by atoms with E-state index in [2.05, 4.69) is 5.32 Å². The largest absolute Gasteiger partial charge is 0.332 e. The third kappa shape index (κ3) is 2.38. The van der Waals surface area contributed by atoms with Gasteiger partial charge in [-0.2, -0.15) is 0 Å². The van der Waals surface area contributed by atoms with Gasteiger partial charge in [0.2, 0.25) is 11.8 Å². The Morgan fingerprint density at radius 1 is 1.33 bits per heavy atom. The van der Waals surface area contributed by atoms with Gasteiger partial charge in [-0.3, -0.25) is 9.59 Å². The first kappa shape index (κ1) is 12.6. The van der Waals surface area contributed by atoms with Gasteiger partial charge >= 0.3 is 0 Å². The van der Waals surface area contributed by atoms with Crippen molar-refractivity contribution in [1.82, 2.24) is 4.90 Å². The molecule has 0 spiro atoms. The van der Waals surface area contributed by atoms with Crippen LogP contribution in [0.3, 0.4) is 0 Å². The van der Waals surface area contributed by atoms with Crippen molar-refractivity contribution in [2.24, 2.45) is 0 Å². The summed E-state index contributed by atoms with van der Waals surface area (Å²) in [5.41, 5.74) is 1.23. The van der Waals surface area contributed by atoms with Crippen LogP contribution in [0.15, 0.2) is 18.2 Å². The molecule has 1 aromatic carbocycles. The predicted octanol–water partition coefficient (Wildman–Crippen LogP) is 1.98. The van der Waals surface area contributed by atoms with Gasteiger partial charge in [-0.25, -0.2) is 9.29 Å². The molecule has 1 N–H and O–H groups in total. The summed E-state index contributed by atoms with van der Waals surface area (Å²) in [5.74, 6) is -0.966. The van der Waals surface area contributed by atoms with Crippen LogP contribution in [0.25, 0.3) is 0 Å². The third-order valence-electron chi connectivity index (χ3n) is 2.68. The molecule has 94 valence electrons. The minimum atomic E-state index is -0.350. The molecule has 18 heavy (non-hydrogen) atoms. The second-order valence-electron chi connectivity index (χ2n) is 4.01. The summed E-state index contributed by atoms with van der Waals surface area (Å²) in [6.45, 7) is 1.71. The lowest BCUT2D eigenvalue weighted by Gasteiger charge is -2.17. The first-order chi connectivity index (χ1) is 8.49. The first-order valence-electron chi connectivity index (χ1n) is 5.42. The van der Waals surface area contributed by atoms with E-state index in [0.717, 1.165) is 4.90 Å². The van der Waals surface area contributed by atoms with Crippen LogP contribution in [0, 0.1) is 12.7 Å². The van der Waals surface area contributed by atoms with Crippen molar-refractivity contribution in [2.75, 3.05) is 5.32 Å². The van der Waals surface area contributed by atoms with Gasteiger partial charge in [0.1, 0.15) is 5.82 Å². The van der Waals surface area contributed by atoms with E-state index >= 15 is 0 Å². The summed E-state index contributed by atoms with van der Waals surface area (Å²) in [6.07, 6.45) is 0.367. The molecule has 0 aromatic heterocycles. The third-order valence-corrected chi connectivity index (χ3v) is 2.97. The lowest BCUT2D eigenvalue weighted by atomic mass is 10.2. The maximum Gasteiger partial charge on any atom is 0.236 e. The highest BCUT2D eigenvalue weighted by Crippen LogP contribution is 2.18. The predicted molar refractivity (Wildman–Crippen MR) is 68.4 cm³/mol. The average molecular weight is 266 g/mol. The van der Waals surface area contributed by atoms with Crippen LogP contribution in [0.2, 0.25) is 0 Å². The van der Waals surface area contributed by atoms with E-state index in [4.69, 9.17) is 12.2 Å². The van der Waals surface area contributed by atoms with Gasteiger partial charge in [0.25, 0.3) is 0 Å². The Balaban J connectivity index is 2.16. The fourth-order valence-electron chi connectivity index (χ4n) is 1.74. The second-order valence-corrected chi connectivity index (χ2v) is 4.40. The fraction of sp³-hybridized carbons (Fsp3) is 0.250. The van der Waals surface area contributed by atoms with Crippen LogP contribution < -0.4 is 5.32 Å². The molecule has 1 aromatic rings. The highest BCUT2D eigenvalue weighted by Gasteiger charge is 2.32. The number of rotatable bonds is 1. The van der Waals surface area contributed by atoms with Crippen molar-refractivity contribution in [1.29, 1.82) is 0 Å². The Kier molecular flexibility index (Phi) is 3.38. The number of thiocarbonyl (C=S) groups is 1. The SMILES string of the molecule is Cc1cc(F)ccc1NC(=S)N1C(=O)CCC1=O. The second kappa shape index (κ2) is 4.81. The fourth-order valence-corrected chi connectivity index (χ4v) is 2.06. The number of nitrogens with zero attached hydrogens (tertiary/aromatic N) is 1. The molecule has 1 heterocycles. The number of hydrogen-bond donors (Lipinski definition) is 1. The summed E-state index contributed by atoms with van der Waals surface area (Å²) < 4.78 is 12.9. The molecule has 1 fully saturated rings. The molecule has 1 saturated heterocycles. The quantitative estimate of drug-likeness (QED) is 0.624. The molecule has 0 atom stereocenters. The Morgan fingerprint density at radius 2 is 1.94 bits per heavy atom. The number of anilines is 1. The van der Waals surface area contributed by atoms with Gasteiger partial charge in [0.05, 0.1) is 0 Å². The van der Waals surface area contributed by atoms with Gasteiger partial charge in [0.15, 0.2) is 5.11 Å². The van der Waals surface area contributed by atoms with E-state index < -0.39 is 0 Å². The lowest BCUT2D eigenvalue weighted by molar-refractivity contribution is -0.133. The van der Waals surface area contributed by atoms with Gasteiger partial charge < -0.3 is 5.32 Å². The van der Waals surface area contributed by atoms with E-state index in [-0.39, 0.29) is 35.6 Å². The summed E-state index contributed by atoms with van der Waals surface area (Å²) in [7, 11) is 0. The van der Waals surface area contributed by atoms with E-state index in [0.29, 0.717) is 11.3 Å². The normalized spacial score (nSPS) is 15.1. The molecule has 0 bridgehead atoms. The van der Waals surface area contributed by atoms with Crippen molar-refractivity contribution in [3.05, 3.63) is 29.6 Å². The molecule has 1 aliphatic rings. The lowest BCUT2D eigenvalue weighted by Crippen LogP contribution is -2.38. The summed E-state index contributed by atoms with van der Waals surface area (Å²) in [4.78, 5) is 23.9. The minimum Gasteiger partial charge on any atom is -0.332 e. The number of likely N-dealkylation sites (tertiary alicyclic amines) is 1. The van der Waals surface area contributed by atoms with Crippen molar-refractivity contribution in [3.63, 3.8) is 0 Å². The molecular formula is C12H11FN2O2S. The number of halogens is 1. The van der Waals surface area contributed by atoms with Crippen molar-refractivity contribution in [3.8, 4) is 0 Å². The Morgan fingerprint density at radius 3 is 2.50 bits per heavy atom. The van der Waals surface area contributed by atoms with Crippen LogP contribution in [0.1, 0.15) is 18.4 Å². The van der Waals surface area contributed by atoms with Crippen molar-refractivity contribution >= 4 is 34.8 Å². The van der Waals surface area contributed by atoms with Crippen molar-refractivity contribution < 1.29 is 14.0 Å². The number of amides is 2. The zero-order chi connectivity index (χ0) is 13.3. The molecule has 0 radical (unpaired) electrons. The maximum atomic E-state index is 12.9. The highest BCUT2D eigenvalue weighted by molar-refractivity contribution is 7.80. The number of imide groups is 1. The van der Waals surface area contributed by atoms with E-state index in [1.807, 2.05) is 0 Å². The number of hydrogen-bond acceptors (Lipinski definition) is 3. The van der Waals surface area contributed by atoms with E-state index in [1.165, 1.54) is 18.2 Å². The number of aryl methyl sites for hydroxylation is 1. The van der Waals surface area contributed by atoms with Crippen LogP contribution in [0.4, 0.5) is 10.1 Å². The van der Waals surface area contributed by atoms with Crippen molar-refractivity contribution in [2.45, 2.75) is 19.8 Å². The monoisotopic (exact) mass is 266 g/mol. The Bertz CT molecular complexity index is 529. The smallest absolute Gasteiger partial charge is 0.236 e.